The molecule has 0 saturated carbocycles. The molecule has 0 aliphatic rings. The predicted octanol–water partition coefficient (Wildman–Crippen LogP) is 3.44. The number of imidazole rings is 1. The summed E-state index contributed by atoms with van der Waals surface area (Å²) in [5, 5.41) is 12.4. The third-order valence-corrected chi connectivity index (χ3v) is 5.19. The van der Waals surface area contributed by atoms with Gasteiger partial charge in [-0.05, 0) is 47.9 Å². The number of hydrogen-bond acceptors (Lipinski definition) is 9. The number of fused-ring (bicyclic) bond motifs is 2. The fraction of sp³-hybridized carbons (Fsp3) is 0.333. The van der Waals surface area contributed by atoms with Crippen LogP contribution in [0.15, 0.2) is 36.4 Å². The van der Waals surface area contributed by atoms with Gasteiger partial charge in [-0.1, -0.05) is 31.5 Å². The Hall–Kier alpha value is -4.08. The van der Waals surface area contributed by atoms with Gasteiger partial charge in [-0.15, -0.1) is 0 Å². The molecule has 34 heavy (non-hydrogen) atoms. The standard InChI is InChI=1S/C24H27N5O5/c1-3-5-10-33-23-27-21(25)20-22(28-23)29(24(31)26-20)13-15-6-7-17-12-18(9-8-16(17)11-15)34-14-19(30)32-4-2/h6-9,11-12H,3-5,10,13-14H2,1-2H3,(H,26,31)(H2,25,27,28). The van der Waals surface area contributed by atoms with Crippen LogP contribution in [-0.2, 0) is 16.1 Å². The van der Waals surface area contributed by atoms with E-state index < -0.39 is 5.97 Å². The first kappa shape index (κ1) is 23.1. The summed E-state index contributed by atoms with van der Waals surface area (Å²) >= 11 is 0. The van der Waals surface area contributed by atoms with Crippen LogP contribution in [0, 0.1) is 0 Å². The quantitative estimate of drug-likeness (QED) is 0.267. The molecule has 4 rings (SSSR count). The molecule has 2 heterocycles. The second-order valence-corrected chi connectivity index (χ2v) is 7.70. The molecule has 0 atom stereocenters. The highest BCUT2D eigenvalue weighted by Crippen LogP contribution is 2.27. The number of carbonyl (C=O) groups is 1. The second-order valence-electron chi connectivity index (χ2n) is 7.70. The highest BCUT2D eigenvalue weighted by atomic mass is 16.6. The van der Waals surface area contributed by atoms with Gasteiger partial charge in [-0.25, -0.2) is 4.79 Å². The minimum Gasteiger partial charge on any atom is -0.482 e. The summed E-state index contributed by atoms with van der Waals surface area (Å²) < 4.78 is 17.6. The van der Waals surface area contributed by atoms with Crippen LogP contribution < -0.4 is 15.2 Å². The van der Waals surface area contributed by atoms with Crippen LogP contribution in [0.3, 0.4) is 0 Å². The molecular weight excluding hydrogens is 438 g/mol. The molecule has 10 nitrogen and oxygen atoms in total. The number of nitrogens with two attached hydrogens (primary N) is 1. The summed E-state index contributed by atoms with van der Waals surface area (Å²) in [5.74, 6) is 0.322. The van der Waals surface area contributed by atoms with E-state index in [2.05, 4.69) is 21.9 Å². The monoisotopic (exact) mass is 465 g/mol. The number of nitrogen functional groups attached to an aromatic ring is 1. The average molecular weight is 466 g/mol. The van der Waals surface area contributed by atoms with E-state index in [0.717, 1.165) is 29.2 Å². The van der Waals surface area contributed by atoms with Crippen LogP contribution in [-0.4, -0.2) is 50.4 Å². The van der Waals surface area contributed by atoms with Crippen molar-refractivity contribution in [3.05, 3.63) is 42.0 Å². The number of ether oxygens (including phenoxy) is 3. The molecular formula is C24H27N5O5. The van der Waals surface area contributed by atoms with E-state index in [1.807, 2.05) is 30.3 Å². The number of aromatic hydroxyl groups is 1. The number of aromatic nitrogens is 4. The third-order valence-electron chi connectivity index (χ3n) is 5.19. The molecule has 0 spiro atoms. The van der Waals surface area contributed by atoms with Crippen molar-refractivity contribution in [2.24, 2.45) is 0 Å². The van der Waals surface area contributed by atoms with Gasteiger partial charge in [0.05, 0.1) is 19.8 Å². The maximum Gasteiger partial charge on any atom is 0.344 e. The molecule has 0 unspecified atom stereocenters. The Bertz CT molecular complexity index is 1320. The van der Waals surface area contributed by atoms with Gasteiger partial charge in [0.2, 0.25) is 0 Å². The summed E-state index contributed by atoms with van der Waals surface area (Å²) in [5.41, 5.74) is 7.68. The fourth-order valence-electron chi connectivity index (χ4n) is 3.50. The van der Waals surface area contributed by atoms with Gasteiger partial charge < -0.3 is 25.1 Å². The Morgan fingerprint density at radius 2 is 1.85 bits per heavy atom. The predicted molar refractivity (Wildman–Crippen MR) is 127 cm³/mol. The zero-order valence-corrected chi connectivity index (χ0v) is 19.2. The summed E-state index contributed by atoms with van der Waals surface area (Å²) in [6.07, 6.45) is 1.86. The van der Waals surface area contributed by atoms with Crippen molar-refractivity contribution < 1.29 is 24.1 Å². The van der Waals surface area contributed by atoms with Crippen LogP contribution in [0.1, 0.15) is 32.3 Å². The maximum atomic E-state index is 11.5. The van der Waals surface area contributed by atoms with E-state index in [1.54, 1.807) is 17.6 Å². The van der Waals surface area contributed by atoms with Gasteiger partial charge >= 0.3 is 12.0 Å². The number of benzene rings is 2. The number of nitrogens with zero attached hydrogens (tertiary/aromatic N) is 4. The van der Waals surface area contributed by atoms with E-state index in [0.29, 0.717) is 36.7 Å². The number of hydrogen-bond donors (Lipinski definition) is 2. The Balaban J connectivity index is 1.56. The fourth-order valence-corrected chi connectivity index (χ4v) is 3.50. The zero-order valence-electron chi connectivity index (χ0n) is 19.2. The van der Waals surface area contributed by atoms with Gasteiger partial charge in [-0.3, -0.25) is 4.57 Å². The van der Waals surface area contributed by atoms with E-state index in [4.69, 9.17) is 19.9 Å². The van der Waals surface area contributed by atoms with E-state index >= 15 is 0 Å². The first-order valence-corrected chi connectivity index (χ1v) is 11.1. The summed E-state index contributed by atoms with van der Waals surface area (Å²) in [7, 11) is 0. The molecule has 4 aromatic rings. The third kappa shape index (κ3) is 5.11. The van der Waals surface area contributed by atoms with Crippen LogP contribution in [0.2, 0.25) is 0 Å². The molecule has 0 radical (unpaired) electrons. The molecule has 0 aliphatic heterocycles. The Morgan fingerprint density at radius 3 is 2.65 bits per heavy atom. The number of carbonyl (C=O) groups excluding carboxylic acids is 1. The minimum atomic E-state index is -0.409. The number of rotatable bonds is 10. The smallest absolute Gasteiger partial charge is 0.344 e. The van der Waals surface area contributed by atoms with Gasteiger partial charge in [0.1, 0.15) is 5.75 Å². The van der Waals surface area contributed by atoms with E-state index in [-0.39, 0.29) is 24.4 Å². The van der Waals surface area contributed by atoms with Crippen molar-refractivity contribution >= 4 is 33.7 Å². The van der Waals surface area contributed by atoms with Gasteiger partial charge in [0.25, 0.3) is 6.01 Å². The second kappa shape index (κ2) is 10.2. The first-order valence-electron chi connectivity index (χ1n) is 11.1. The number of unbranched alkanes of at least 4 members (excludes halogenated alkanes) is 1. The molecule has 0 amide bonds. The van der Waals surface area contributed by atoms with Gasteiger partial charge in [-0.2, -0.15) is 15.0 Å². The average Bonchev–Trinajstić information content (AvgIpc) is 3.13. The van der Waals surface area contributed by atoms with Crippen LogP contribution in [0.4, 0.5) is 5.82 Å². The van der Waals surface area contributed by atoms with Crippen molar-refractivity contribution in [3.63, 3.8) is 0 Å². The number of anilines is 1. The number of esters is 1. The topological polar surface area (TPSA) is 135 Å². The van der Waals surface area contributed by atoms with E-state index in [9.17, 15) is 9.90 Å². The maximum absolute atomic E-state index is 11.5. The van der Waals surface area contributed by atoms with Gasteiger partial charge in [0, 0.05) is 0 Å². The molecule has 10 heteroatoms. The van der Waals surface area contributed by atoms with Crippen LogP contribution >= 0.6 is 0 Å². The zero-order chi connectivity index (χ0) is 24.1. The van der Waals surface area contributed by atoms with Gasteiger partial charge in [0.15, 0.2) is 23.6 Å². The molecule has 3 N–H and O–H groups in total. The normalized spacial score (nSPS) is 11.1. The highest BCUT2D eigenvalue weighted by molar-refractivity contribution is 5.85. The molecule has 178 valence electrons. The first-order chi connectivity index (χ1) is 16.5. The lowest BCUT2D eigenvalue weighted by Gasteiger charge is -2.10. The summed E-state index contributed by atoms with van der Waals surface area (Å²) in [6.45, 7) is 4.80. The lowest BCUT2D eigenvalue weighted by atomic mass is 10.1. The Kier molecular flexibility index (Phi) is 6.95. The minimum absolute atomic E-state index is 0.139. The largest absolute Gasteiger partial charge is 0.482 e. The van der Waals surface area contributed by atoms with Crippen LogP contribution in [0.25, 0.3) is 21.9 Å². The van der Waals surface area contributed by atoms with Crippen molar-refractivity contribution in [2.75, 3.05) is 25.6 Å². The summed E-state index contributed by atoms with van der Waals surface area (Å²) in [6, 6.07) is 11.4. The van der Waals surface area contributed by atoms with Crippen molar-refractivity contribution in [1.29, 1.82) is 0 Å². The van der Waals surface area contributed by atoms with Crippen LogP contribution in [0.5, 0.6) is 17.8 Å². The van der Waals surface area contributed by atoms with Crippen molar-refractivity contribution in [1.82, 2.24) is 19.5 Å². The molecule has 2 aromatic heterocycles. The highest BCUT2D eigenvalue weighted by Gasteiger charge is 2.17. The van der Waals surface area contributed by atoms with E-state index in [1.165, 1.54) is 0 Å². The summed E-state index contributed by atoms with van der Waals surface area (Å²) in [4.78, 5) is 24.2. The van der Waals surface area contributed by atoms with Crippen molar-refractivity contribution in [3.8, 4) is 17.8 Å². The Labute approximate surface area is 196 Å². The molecule has 2 aromatic carbocycles. The van der Waals surface area contributed by atoms with Crippen molar-refractivity contribution in [2.45, 2.75) is 33.2 Å². The lowest BCUT2D eigenvalue weighted by molar-refractivity contribution is -0.145. The SMILES string of the molecule is CCCCOc1nc(N)c2nc(O)n(Cc3ccc4cc(OCC(=O)OCC)ccc4c3)c2n1. The lowest BCUT2D eigenvalue weighted by Crippen LogP contribution is -2.14. The Morgan fingerprint density at radius 1 is 1.06 bits per heavy atom. The molecule has 0 fully saturated rings. The molecule has 0 aliphatic carbocycles. The molecule has 0 saturated heterocycles. The molecule has 0 bridgehead atoms.